The largest absolute Gasteiger partial charge is 0.326 e. The molecule has 112 valence electrons. The van der Waals surface area contributed by atoms with Crippen LogP contribution in [0, 0.1) is 17.4 Å². The zero-order valence-corrected chi connectivity index (χ0v) is 14.9. The number of nitrogens with one attached hydrogen (secondary N) is 1. The van der Waals surface area contributed by atoms with Gasteiger partial charge >= 0.3 is 0 Å². The molecule has 1 aromatic carbocycles. The summed E-state index contributed by atoms with van der Waals surface area (Å²) in [6, 6.07) is 7.16. The van der Waals surface area contributed by atoms with E-state index in [1.165, 1.54) is 3.57 Å². The van der Waals surface area contributed by atoms with Crippen LogP contribution >= 0.6 is 34.2 Å². The van der Waals surface area contributed by atoms with Gasteiger partial charge < -0.3 is 5.32 Å². The number of halogens is 2. The van der Waals surface area contributed by atoms with Crippen LogP contribution in [-0.2, 0) is 11.3 Å². The van der Waals surface area contributed by atoms with Crippen molar-refractivity contribution in [2.45, 2.75) is 33.2 Å². The lowest BCUT2D eigenvalue weighted by Crippen LogP contribution is -2.13. The number of carbonyl (C=O) groups is 1. The third-order valence-electron chi connectivity index (χ3n) is 3.18. The first-order valence-electron chi connectivity index (χ1n) is 6.72. The van der Waals surface area contributed by atoms with E-state index in [4.69, 9.17) is 11.6 Å². The van der Waals surface area contributed by atoms with Gasteiger partial charge in [-0.05, 0) is 61.1 Å². The average Bonchev–Trinajstić information content (AvgIpc) is 2.66. The van der Waals surface area contributed by atoms with Crippen LogP contribution in [0.1, 0.15) is 24.2 Å². The fourth-order valence-corrected chi connectivity index (χ4v) is 2.65. The third-order valence-corrected chi connectivity index (χ3v) is 4.97. The van der Waals surface area contributed by atoms with Gasteiger partial charge in [0, 0.05) is 29.4 Å². The van der Waals surface area contributed by atoms with Crippen molar-refractivity contribution < 1.29 is 4.79 Å². The highest BCUT2D eigenvalue weighted by molar-refractivity contribution is 14.1. The number of aryl methyl sites for hydroxylation is 2. The van der Waals surface area contributed by atoms with Gasteiger partial charge in [-0.1, -0.05) is 17.7 Å². The zero-order valence-electron chi connectivity index (χ0n) is 12.0. The number of aromatic nitrogens is 2. The van der Waals surface area contributed by atoms with Gasteiger partial charge in [0.05, 0.1) is 9.26 Å². The summed E-state index contributed by atoms with van der Waals surface area (Å²) in [6.07, 6.45) is 1.21. The van der Waals surface area contributed by atoms with Crippen LogP contribution in [0.4, 0.5) is 5.69 Å². The van der Waals surface area contributed by atoms with Crippen LogP contribution in [0.5, 0.6) is 0 Å². The molecule has 0 atom stereocenters. The maximum atomic E-state index is 11.9. The Hall–Kier alpha value is -1.08. The normalized spacial score (nSPS) is 10.7. The molecule has 0 unspecified atom stereocenters. The SMILES string of the molecule is Cc1nn(CCCC(=O)Nc2cccc(Cl)c2)c(C)c1I. The summed E-state index contributed by atoms with van der Waals surface area (Å²) in [4.78, 5) is 11.9. The lowest BCUT2D eigenvalue weighted by molar-refractivity contribution is -0.116. The Bertz CT molecular complexity index is 654. The van der Waals surface area contributed by atoms with Gasteiger partial charge in [-0.25, -0.2) is 0 Å². The van der Waals surface area contributed by atoms with Gasteiger partial charge in [0.1, 0.15) is 0 Å². The summed E-state index contributed by atoms with van der Waals surface area (Å²) in [6.45, 7) is 4.80. The van der Waals surface area contributed by atoms with Crippen molar-refractivity contribution in [3.8, 4) is 0 Å². The molecule has 4 nitrogen and oxygen atoms in total. The Morgan fingerprint density at radius 2 is 2.19 bits per heavy atom. The van der Waals surface area contributed by atoms with Crippen LogP contribution in [0.2, 0.25) is 5.02 Å². The highest BCUT2D eigenvalue weighted by Gasteiger charge is 2.09. The Kier molecular flexibility index (Phi) is 5.64. The maximum Gasteiger partial charge on any atom is 0.224 e. The first-order valence-corrected chi connectivity index (χ1v) is 8.18. The van der Waals surface area contributed by atoms with Gasteiger partial charge in [0.15, 0.2) is 0 Å². The van der Waals surface area contributed by atoms with Gasteiger partial charge in [-0.3, -0.25) is 9.48 Å². The lowest BCUT2D eigenvalue weighted by atomic mass is 10.2. The predicted octanol–water partition coefficient (Wildman–Crippen LogP) is 4.18. The van der Waals surface area contributed by atoms with Crippen molar-refractivity contribution in [3.05, 3.63) is 44.2 Å². The number of carbonyl (C=O) groups excluding carboxylic acids is 1. The number of hydrogen-bond acceptors (Lipinski definition) is 2. The van der Waals surface area contributed by atoms with E-state index in [0.717, 1.165) is 30.0 Å². The van der Waals surface area contributed by atoms with Crippen molar-refractivity contribution in [1.29, 1.82) is 0 Å². The van der Waals surface area contributed by atoms with Gasteiger partial charge in [-0.15, -0.1) is 0 Å². The summed E-state index contributed by atoms with van der Waals surface area (Å²) in [5.74, 6) is -0.00602. The minimum absolute atomic E-state index is 0.00602. The van der Waals surface area contributed by atoms with Crippen LogP contribution in [0.25, 0.3) is 0 Å². The fourth-order valence-electron chi connectivity index (χ4n) is 2.07. The van der Waals surface area contributed by atoms with Crippen molar-refractivity contribution >= 4 is 45.8 Å². The molecule has 1 heterocycles. The molecule has 0 saturated carbocycles. The fraction of sp³-hybridized carbons (Fsp3) is 0.333. The number of amides is 1. The summed E-state index contributed by atoms with van der Waals surface area (Å²) in [5, 5.41) is 7.92. The zero-order chi connectivity index (χ0) is 15.4. The van der Waals surface area contributed by atoms with Crippen molar-refractivity contribution in [3.63, 3.8) is 0 Å². The molecule has 2 aromatic rings. The molecule has 0 aliphatic heterocycles. The monoisotopic (exact) mass is 417 g/mol. The highest BCUT2D eigenvalue weighted by Crippen LogP contribution is 2.17. The number of anilines is 1. The Morgan fingerprint density at radius 1 is 1.43 bits per heavy atom. The van der Waals surface area contributed by atoms with Crippen molar-refractivity contribution in [2.24, 2.45) is 0 Å². The van der Waals surface area contributed by atoms with Crippen molar-refractivity contribution in [1.82, 2.24) is 9.78 Å². The molecule has 1 aromatic heterocycles. The molecule has 0 saturated heterocycles. The summed E-state index contributed by atoms with van der Waals surface area (Å²) < 4.78 is 3.15. The van der Waals surface area contributed by atoms with E-state index in [9.17, 15) is 4.79 Å². The van der Waals surface area contributed by atoms with E-state index >= 15 is 0 Å². The Labute approximate surface area is 143 Å². The van der Waals surface area contributed by atoms with Crippen LogP contribution in [-0.4, -0.2) is 15.7 Å². The van der Waals surface area contributed by atoms with Crippen molar-refractivity contribution in [2.75, 3.05) is 5.32 Å². The molecule has 21 heavy (non-hydrogen) atoms. The second kappa shape index (κ2) is 7.26. The topological polar surface area (TPSA) is 46.9 Å². The second-order valence-electron chi connectivity index (χ2n) is 4.87. The standard InChI is InChI=1S/C15H17ClIN3O/c1-10-15(17)11(2)20(19-10)8-4-7-14(21)18-13-6-3-5-12(16)9-13/h3,5-6,9H,4,7-8H2,1-2H3,(H,18,21). The second-order valence-corrected chi connectivity index (χ2v) is 6.39. The minimum Gasteiger partial charge on any atom is -0.326 e. The summed E-state index contributed by atoms with van der Waals surface area (Å²) in [5.41, 5.74) is 2.92. The number of hydrogen-bond donors (Lipinski definition) is 1. The molecule has 6 heteroatoms. The molecule has 0 bridgehead atoms. The smallest absolute Gasteiger partial charge is 0.224 e. The molecule has 0 radical (unpaired) electrons. The molecule has 0 aliphatic rings. The Balaban J connectivity index is 1.83. The van der Waals surface area contributed by atoms with Crippen LogP contribution < -0.4 is 5.32 Å². The van der Waals surface area contributed by atoms with E-state index in [1.54, 1.807) is 12.1 Å². The maximum absolute atomic E-state index is 11.9. The summed E-state index contributed by atoms with van der Waals surface area (Å²) in [7, 11) is 0. The first kappa shape index (κ1) is 16.3. The molecule has 0 fully saturated rings. The average molecular weight is 418 g/mol. The summed E-state index contributed by atoms with van der Waals surface area (Å²) >= 11 is 8.18. The Morgan fingerprint density at radius 3 is 2.81 bits per heavy atom. The lowest BCUT2D eigenvalue weighted by Gasteiger charge is -2.06. The van der Waals surface area contributed by atoms with E-state index in [2.05, 4.69) is 33.0 Å². The number of benzene rings is 1. The van der Waals surface area contributed by atoms with E-state index in [-0.39, 0.29) is 5.91 Å². The van der Waals surface area contributed by atoms with Crippen LogP contribution in [0.3, 0.4) is 0 Å². The van der Waals surface area contributed by atoms with E-state index < -0.39 is 0 Å². The molecule has 1 amide bonds. The predicted molar refractivity (Wildman–Crippen MR) is 93.7 cm³/mol. The van der Waals surface area contributed by atoms with E-state index in [1.807, 2.05) is 30.7 Å². The molecular formula is C15H17ClIN3O. The molecule has 2 rings (SSSR count). The highest BCUT2D eigenvalue weighted by atomic mass is 127. The third kappa shape index (κ3) is 4.44. The van der Waals surface area contributed by atoms with Gasteiger partial charge in [0.25, 0.3) is 0 Å². The number of nitrogens with zero attached hydrogens (tertiary/aromatic N) is 2. The molecule has 1 N–H and O–H groups in total. The first-order chi connectivity index (χ1) is 9.97. The molecular weight excluding hydrogens is 401 g/mol. The minimum atomic E-state index is -0.00602. The van der Waals surface area contributed by atoms with Crippen LogP contribution in [0.15, 0.2) is 24.3 Å². The molecule has 0 spiro atoms. The van der Waals surface area contributed by atoms with Gasteiger partial charge in [0.2, 0.25) is 5.91 Å². The quantitative estimate of drug-likeness (QED) is 0.742. The molecule has 0 aliphatic carbocycles. The van der Waals surface area contributed by atoms with Gasteiger partial charge in [-0.2, -0.15) is 5.10 Å². The number of rotatable bonds is 5. The van der Waals surface area contributed by atoms with E-state index in [0.29, 0.717) is 11.4 Å².